The van der Waals surface area contributed by atoms with Crippen LogP contribution in [0.25, 0.3) is 0 Å². The maximum atomic E-state index is 12.7. The molecule has 5 heteroatoms. The van der Waals surface area contributed by atoms with E-state index in [4.69, 9.17) is 12.2 Å². The van der Waals surface area contributed by atoms with Crippen molar-refractivity contribution in [2.45, 2.75) is 6.92 Å². The smallest absolute Gasteiger partial charge is 0.170 e. The van der Waals surface area contributed by atoms with Crippen LogP contribution in [0.3, 0.4) is 0 Å². The zero-order chi connectivity index (χ0) is 10.6. The molecular weight excluding hydrogens is 206 g/mol. The molecule has 0 bridgehead atoms. The fourth-order valence-corrected chi connectivity index (χ4v) is 1.22. The maximum Gasteiger partial charge on any atom is 0.170 e. The quantitative estimate of drug-likeness (QED) is 0.742. The van der Waals surface area contributed by atoms with Crippen LogP contribution in [-0.2, 0) is 0 Å². The Morgan fingerprint density at radius 2 is 1.86 bits per heavy atom. The van der Waals surface area contributed by atoms with Crippen molar-refractivity contribution >= 4 is 23.0 Å². The second-order valence-electron chi connectivity index (χ2n) is 2.64. The lowest BCUT2D eigenvalue weighted by Crippen LogP contribution is -2.27. The first-order valence-corrected chi connectivity index (χ1v) is 4.53. The summed E-state index contributed by atoms with van der Waals surface area (Å²) in [5.74, 6) is -1.27. The molecule has 1 aromatic carbocycles. The zero-order valence-corrected chi connectivity index (χ0v) is 8.42. The lowest BCUT2D eigenvalue weighted by atomic mass is 10.3. The Balaban J connectivity index is 2.71. The third kappa shape index (κ3) is 3.26. The first kappa shape index (κ1) is 10.8. The van der Waals surface area contributed by atoms with Crippen molar-refractivity contribution in [3.05, 3.63) is 29.8 Å². The van der Waals surface area contributed by atoms with Crippen LogP contribution >= 0.6 is 12.2 Å². The topological polar surface area (TPSA) is 24.1 Å². The van der Waals surface area contributed by atoms with E-state index >= 15 is 0 Å². The van der Waals surface area contributed by atoms with Crippen LogP contribution in [0.4, 0.5) is 14.5 Å². The highest BCUT2D eigenvalue weighted by Gasteiger charge is 2.01. The van der Waals surface area contributed by atoms with Gasteiger partial charge in [-0.2, -0.15) is 0 Å². The first-order valence-electron chi connectivity index (χ1n) is 4.12. The van der Waals surface area contributed by atoms with Gasteiger partial charge in [0.1, 0.15) is 11.6 Å². The van der Waals surface area contributed by atoms with Gasteiger partial charge in [0.25, 0.3) is 0 Å². The standard InChI is InChI=1S/C9H10F2N2S/c1-2-12-9(14)13-8-4-6(10)3-7(11)5-8/h3-5H,2H2,1H3,(H2,12,13,14). The number of rotatable bonds is 2. The molecule has 2 nitrogen and oxygen atoms in total. The van der Waals surface area contributed by atoms with E-state index in [0.29, 0.717) is 17.3 Å². The van der Waals surface area contributed by atoms with Crippen LogP contribution in [0.1, 0.15) is 6.92 Å². The van der Waals surface area contributed by atoms with Crippen molar-refractivity contribution in [3.63, 3.8) is 0 Å². The van der Waals surface area contributed by atoms with Gasteiger partial charge in [-0.05, 0) is 31.3 Å². The van der Waals surface area contributed by atoms with Crippen molar-refractivity contribution in [1.29, 1.82) is 0 Å². The molecule has 2 N–H and O–H groups in total. The van der Waals surface area contributed by atoms with Crippen LogP contribution in [0.5, 0.6) is 0 Å². The third-order valence-corrected chi connectivity index (χ3v) is 1.70. The first-order chi connectivity index (χ1) is 6.61. The number of anilines is 1. The molecule has 0 aliphatic heterocycles. The summed E-state index contributed by atoms with van der Waals surface area (Å²) in [6.45, 7) is 2.53. The van der Waals surface area contributed by atoms with Gasteiger partial charge in [-0.25, -0.2) is 8.78 Å². The largest absolute Gasteiger partial charge is 0.363 e. The molecule has 0 aliphatic carbocycles. The van der Waals surface area contributed by atoms with E-state index in [1.165, 1.54) is 12.1 Å². The van der Waals surface area contributed by atoms with E-state index in [1.807, 2.05) is 6.92 Å². The summed E-state index contributed by atoms with van der Waals surface area (Å²) in [5.41, 5.74) is 0.299. The fraction of sp³-hybridized carbons (Fsp3) is 0.222. The average Bonchev–Trinajstić information content (AvgIpc) is 2.01. The summed E-state index contributed by atoms with van der Waals surface area (Å²) in [7, 11) is 0. The lowest BCUT2D eigenvalue weighted by molar-refractivity contribution is 0.584. The van der Waals surface area contributed by atoms with Gasteiger partial charge in [-0.15, -0.1) is 0 Å². The van der Waals surface area contributed by atoms with Gasteiger partial charge in [-0.1, -0.05) is 0 Å². The Morgan fingerprint density at radius 3 is 2.36 bits per heavy atom. The number of thiocarbonyl (C=S) groups is 1. The molecule has 1 aromatic rings. The minimum Gasteiger partial charge on any atom is -0.363 e. The molecule has 0 amide bonds. The molecule has 0 aromatic heterocycles. The van der Waals surface area contributed by atoms with Gasteiger partial charge in [0, 0.05) is 18.3 Å². The van der Waals surface area contributed by atoms with E-state index in [-0.39, 0.29) is 0 Å². The van der Waals surface area contributed by atoms with E-state index in [0.717, 1.165) is 6.07 Å². The summed E-state index contributed by atoms with van der Waals surface area (Å²) in [6.07, 6.45) is 0. The van der Waals surface area contributed by atoms with Gasteiger partial charge in [0.15, 0.2) is 5.11 Å². The molecular formula is C9H10F2N2S. The van der Waals surface area contributed by atoms with Gasteiger partial charge in [-0.3, -0.25) is 0 Å². The second kappa shape index (κ2) is 4.85. The molecule has 0 saturated heterocycles. The van der Waals surface area contributed by atoms with Crippen molar-refractivity contribution in [2.75, 3.05) is 11.9 Å². The van der Waals surface area contributed by atoms with Crippen LogP contribution in [0.15, 0.2) is 18.2 Å². The number of benzene rings is 1. The lowest BCUT2D eigenvalue weighted by Gasteiger charge is -2.08. The predicted octanol–water partition coefficient (Wildman–Crippen LogP) is 2.27. The molecule has 0 unspecified atom stereocenters. The summed E-state index contributed by atoms with van der Waals surface area (Å²) in [6, 6.07) is 3.15. The average molecular weight is 216 g/mol. The number of hydrogen-bond acceptors (Lipinski definition) is 1. The van der Waals surface area contributed by atoms with E-state index < -0.39 is 11.6 Å². The van der Waals surface area contributed by atoms with Gasteiger partial charge in [0.2, 0.25) is 0 Å². The molecule has 0 aliphatic rings. The molecule has 0 spiro atoms. The number of nitrogens with one attached hydrogen (secondary N) is 2. The summed E-state index contributed by atoms with van der Waals surface area (Å²) >= 11 is 4.85. The maximum absolute atomic E-state index is 12.7. The van der Waals surface area contributed by atoms with Crippen molar-refractivity contribution in [3.8, 4) is 0 Å². The predicted molar refractivity (Wildman–Crippen MR) is 56.3 cm³/mol. The van der Waals surface area contributed by atoms with Gasteiger partial charge >= 0.3 is 0 Å². The number of halogens is 2. The van der Waals surface area contributed by atoms with Crippen LogP contribution in [-0.4, -0.2) is 11.7 Å². The highest BCUT2D eigenvalue weighted by atomic mass is 32.1. The Hall–Kier alpha value is -1.23. The summed E-state index contributed by atoms with van der Waals surface area (Å²) in [5, 5.41) is 5.82. The van der Waals surface area contributed by atoms with Crippen LogP contribution in [0, 0.1) is 11.6 Å². The highest BCUT2D eigenvalue weighted by molar-refractivity contribution is 7.80. The van der Waals surface area contributed by atoms with Gasteiger partial charge < -0.3 is 10.6 Å². The Labute approximate surface area is 86.3 Å². The Morgan fingerprint density at radius 1 is 1.29 bits per heavy atom. The molecule has 0 saturated carbocycles. The van der Waals surface area contributed by atoms with E-state index in [1.54, 1.807) is 0 Å². The SMILES string of the molecule is CCNC(=S)Nc1cc(F)cc(F)c1. The summed E-state index contributed by atoms with van der Waals surface area (Å²) < 4.78 is 25.4. The normalized spacial score (nSPS) is 9.64. The van der Waals surface area contributed by atoms with E-state index in [2.05, 4.69) is 10.6 Å². The molecule has 0 radical (unpaired) electrons. The van der Waals surface area contributed by atoms with Crippen LogP contribution < -0.4 is 10.6 Å². The Kier molecular flexibility index (Phi) is 3.76. The fourth-order valence-electron chi connectivity index (χ4n) is 0.962. The molecule has 76 valence electrons. The zero-order valence-electron chi connectivity index (χ0n) is 7.60. The molecule has 14 heavy (non-hydrogen) atoms. The van der Waals surface area contributed by atoms with E-state index in [9.17, 15) is 8.78 Å². The summed E-state index contributed by atoms with van der Waals surface area (Å²) in [4.78, 5) is 0. The van der Waals surface area contributed by atoms with Gasteiger partial charge in [0.05, 0.1) is 0 Å². The van der Waals surface area contributed by atoms with Crippen molar-refractivity contribution in [1.82, 2.24) is 5.32 Å². The third-order valence-electron chi connectivity index (χ3n) is 1.46. The van der Waals surface area contributed by atoms with Crippen LogP contribution in [0.2, 0.25) is 0 Å². The highest BCUT2D eigenvalue weighted by Crippen LogP contribution is 2.12. The monoisotopic (exact) mass is 216 g/mol. The minimum atomic E-state index is -0.633. The van der Waals surface area contributed by atoms with Crippen molar-refractivity contribution < 1.29 is 8.78 Å². The molecule has 0 fully saturated rings. The number of hydrogen-bond donors (Lipinski definition) is 2. The Bertz CT molecular complexity index is 321. The van der Waals surface area contributed by atoms with Crippen molar-refractivity contribution in [2.24, 2.45) is 0 Å². The molecule has 1 rings (SSSR count). The molecule has 0 heterocycles. The molecule has 0 atom stereocenters. The second-order valence-corrected chi connectivity index (χ2v) is 3.05. The minimum absolute atomic E-state index is 0.299.